The van der Waals surface area contributed by atoms with E-state index in [-0.39, 0.29) is 16.6 Å². The molecule has 0 bridgehead atoms. The second-order valence-corrected chi connectivity index (χ2v) is 5.06. The fourth-order valence-electron chi connectivity index (χ4n) is 1.70. The van der Waals surface area contributed by atoms with Crippen molar-refractivity contribution in [2.24, 2.45) is 0 Å². The van der Waals surface area contributed by atoms with Gasteiger partial charge in [0.05, 0.1) is 7.11 Å². The molecule has 1 amide bonds. The van der Waals surface area contributed by atoms with Gasteiger partial charge >= 0.3 is 5.97 Å². The zero-order chi connectivity index (χ0) is 15.2. The standard InChI is InChI=1S/C14H14N2O4S/c1-20-10-4-2-3-9(7-10)5-6-15-12(17)13-16-11(8-21-13)14(18)19/h2-4,7-8H,5-6H2,1H3,(H,15,17)(H,18,19). The second-order valence-electron chi connectivity index (χ2n) is 4.20. The molecule has 0 saturated carbocycles. The van der Waals surface area contributed by atoms with Crippen LogP contribution < -0.4 is 10.1 Å². The fraction of sp³-hybridized carbons (Fsp3) is 0.214. The van der Waals surface area contributed by atoms with Gasteiger partial charge in [0.15, 0.2) is 10.7 Å². The first-order valence-corrected chi connectivity index (χ1v) is 7.08. The summed E-state index contributed by atoms with van der Waals surface area (Å²) in [6.45, 7) is 0.438. The number of carboxylic acids is 1. The van der Waals surface area contributed by atoms with Crippen LogP contribution in [0.2, 0.25) is 0 Å². The van der Waals surface area contributed by atoms with Crippen molar-refractivity contribution in [2.45, 2.75) is 6.42 Å². The largest absolute Gasteiger partial charge is 0.497 e. The number of carbonyl (C=O) groups excluding carboxylic acids is 1. The fourth-order valence-corrected chi connectivity index (χ4v) is 2.41. The highest BCUT2D eigenvalue weighted by Crippen LogP contribution is 2.13. The lowest BCUT2D eigenvalue weighted by molar-refractivity contribution is 0.0691. The molecule has 21 heavy (non-hydrogen) atoms. The third-order valence-electron chi connectivity index (χ3n) is 2.75. The van der Waals surface area contributed by atoms with Crippen LogP contribution in [0.25, 0.3) is 0 Å². The molecule has 7 heteroatoms. The highest BCUT2D eigenvalue weighted by molar-refractivity contribution is 7.11. The van der Waals surface area contributed by atoms with E-state index in [1.807, 2.05) is 24.3 Å². The Hall–Kier alpha value is -2.41. The van der Waals surface area contributed by atoms with Crippen molar-refractivity contribution in [3.05, 3.63) is 45.9 Å². The van der Waals surface area contributed by atoms with Gasteiger partial charge in [0.1, 0.15) is 5.75 Å². The Bertz CT molecular complexity index is 654. The van der Waals surface area contributed by atoms with Crippen LogP contribution in [0, 0.1) is 0 Å². The Labute approximate surface area is 125 Å². The predicted octanol–water partition coefficient (Wildman–Crippen LogP) is 1.82. The minimum Gasteiger partial charge on any atom is -0.497 e. The molecule has 0 unspecified atom stereocenters. The molecule has 0 fully saturated rings. The van der Waals surface area contributed by atoms with E-state index in [0.29, 0.717) is 13.0 Å². The summed E-state index contributed by atoms with van der Waals surface area (Å²) in [6, 6.07) is 7.58. The van der Waals surface area contributed by atoms with Crippen molar-refractivity contribution in [2.75, 3.05) is 13.7 Å². The van der Waals surface area contributed by atoms with Crippen LogP contribution in [-0.4, -0.2) is 35.6 Å². The average Bonchev–Trinajstić information content (AvgIpc) is 2.97. The van der Waals surface area contributed by atoms with Crippen LogP contribution in [0.1, 0.15) is 25.9 Å². The molecule has 1 heterocycles. The van der Waals surface area contributed by atoms with Crippen LogP contribution in [0.15, 0.2) is 29.6 Å². The molecule has 110 valence electrons. The molecular weight excluding hydrogens is 292 g/mol. The van der Waals surface area contributed by atoms with E-state index in [0.717, 1.165) is 22.6 Å². The summed E-state index contributed by atoms with van der Waals surface area (Å²) in [5.74, 6) is -0.734. The molecule has 2 N–H and O–H groups in total. The van der Waals surface area contributed by atoms with Gasteiger partial charge in [-0.2, -0.15) is 0 Å². The number of aromatic nitrogens is 1. The van der Waals surface area contributed by atoms with Gasteiger partial charge in [-0.3, -0.25) is 4.79 Å². The van der Waals surface area contributed by atoms with Gasteiger partial charge in [0.2, 0.25) is 0 Å². The molecular formula is C14H14N2O4S. The monoisotopic (exact) mass is 306 g/mol. The molecule has 2 rings (SSSR count). The molecule has 0 spiro atoms. The number of carbonyl (C=O) groups is 2. The second kappa shape index (κ2) is 6.85. The van der Waals surface area contributed by atoms with E-state index >= 15 is 0 Å². The molecule has 0 radical (unpaired) electrons. The SMILES string of the molecule is COc1cccc(CCNC(=O)c2nc(C(=O)O)cs2)c1. The summed E-state index contributed by atoms with van der Waals surface area (Å²) in [5.41, 5.74) is 0.929. The Kier molecular flexibility index (Phi) is 4.89. The Morgan fingerprint density at radius 1 is 1.43 bits per heavy atom. The van der Waals surface area contributed by atoms with Crippen molar-refractivity contribution in [1.29, 1.82) is 0 Å². The van der Waals surface area contributed by atoms with E-state index < -0.39 is 5.97 Å². The molecule has 0 aliphatic rings. The number of hydrogen-bond acceptors (Lipinski definition) is 5. The first-order chi connectivity index (χ1) is 10.1. The van der Waals surface area contributed by atoms with Crippen molar-refractivity contribution < 1.29 is 19.4 Å². The van der Waals surface area contributed by atoms with Crippen LogP contribution in [0.3, 0.4) is 0 Å². The van der Waals surface area contributed by atoms with Gasteiger partial charge in [-0.1, -0.05) is 12.1 Å². The molecule has 0 atom stereocenters. The number of carboxylic acid groups (broad SMARTS) is 1. The smallest absolute Gasteiger partial charge is 0.355 e. The van der Waals surface area contributed by atoms with Gasteiger partial charge in [0, 0.05) is 11.9 Å². The van der Waals surface area contributed by atoms with Crippen molar-refractivity contribution in [3.63, 3.8) is 0 Å². The molecule has 1 aromatic carbocycles. The average molecular weight is 306 g/mol. The first kappa shape index (κ1) is 15.0. The lowest BCUT2D eigenvalue weighted by Crippen LogP contribution is -2.25. The zero-order valence-electron chi connectivity index (χ0n) is 11.3. The minimum atomic E-state index is -1.14. The summed E-state index contributed by atoms with van der Waals surface area (Å²) in [7, 11) is 1.60. The maximum absolute atomic E-state index is 11.8. The third-order valence-corrected chi connectivity index (χ3v) is 3.59. The minimum absolute atomic E-state index is 0.113. The summed E-state index contributed by atoms with van der Waals surface area (Å²) in [5, 5.41) is 13.0. The number of benzene rings is 1. The number of methoxy groups -OCH3 is 1. The van der Waals surface area contributed by atoms with Crippen molar-refractivity contribution in [1.82, 2.24) is 10.3 Å². The van der Waals surface area contributed by atoms with Gasteiger partial charge < -0.3 is 15.2 Å². The molecule has 1 aromatic heterocycles. The number of ether oxygens (including phenoxy) is 1. The van der Waals surface area contributed by atoms with E-state index in [4.69, 9.17) is 9.84 Å². The third kappa shape index (κ3) is 4.03. The maximum atomic E-state index is 11.8. The first-order valence-electron chi connectivity index (χ1n) is 6.20. The highest BCUT2D eigenvalue weighted by Gasteiger charge is 2.14. The molecule has 0 aliphatic carbocycles. The number of rotatable bonds is 6. The Balaban J connectivity index is 1.87. The molecule has 0 aliphatic heterocycles. The lowest BCUT2D eigenvalue weighted by Gasteiger charge is -2.05. The Morgan fingerprint density at radius 3 is 2.90 bits per heavy atom. The molecule has 0 saturated heterocycles. The van der Waals surface area contributed by atoms with Crippen LogP contribution >= 0.6 is 11.3 Å². The topological polar surface area (TPSA) is 88.5 Å². The normalized spacial score (nSPS) is 10.1. The summed E-state index contributed by atoms with van der Waals surface area (Å²) in [6.07, 6.45) is 0.653. The quantitative estimate of drug-likeness (QED) is 0.850. The zero-order valence-corrected chi connectivity index (χ0v) is 12.1. The van der Waals surface area contributed by atoms with Gasteiger partial charge in [-0.25, -0.2) is 9.78 Å². The predicted molar refractivity (Wildman–Crippen MR) is 78.1 cm³/mol. The van der Waals surface area contributed by atoms with Crippen LogP contribution in [-0.2, 0) is 6.42 Å². The molecule has 2 aromatic rings. The number of hydrogen-bond donors (Lipinski definition) is 2. The summed E-state index contributed by atoms with van der Waals surface area (Å²) < 4.78 is 5.13. The van der Waals surface area contributed by atoms with Gasteiger partial charge in [-0.15, -0.1) is 11.3 Å². The summed E-state index contributed by atoms with van der Waals surface area (Å²) in [4.78, 5) is 26.3. The number of thiazole rings is 1. The lowest BCUT2D eigenvalue weighted by atomic mass is 10.1. The van der Waals surface area contributed by atoms with E-state index in [9.17, 15) is 9.59 Å². The summed E-state index contributed by atoms with van der Waals surface area (Å²) >= 11 is 1.01. The number of aromatic carboxylic acids is 1. The van der Waals surface area contributed by atoms with Gasteiger partial charge in [0.25, 0.3) is 5.91 Å². The van der Waals surface area contributed by atoms with E-state index in [1.54, 1.807) is 7.11 Å². The number of nitrogens with one attached hydrogen (secondary N) is 1. The van der Waals surface area contributed by atoms with Crippen LogP contribution in [0.4, 0.5) is 0 Å². The molecule has 6 nitrogen and oxygen atoms in total. The van der Waals surface area contributed by atoms with Crippen LogP contribution in [0.5, 0.6) is 5.75 Å². The highest BCUT2D eigenvalue weighted by atomic mass is 32.1. The number of amides is 1. The van der Waals surface area contributed by atoms with E-state index in [1.165, 1.54) is 5.38 Å². The number of nitrogens with zero attached hydrogens (tertiary/aromatic N) is 1. The van der Waals surface area contributed by atoms with E-state index in [2.05, 4.69) is 10.3 Å². The van der Waals surface area contributed by atoms with Crippen molar-refractivity contribution in [3.8, 4) is 5.75 Å². The Morgan fingerprint density at radius 2 is 2.24 bits per heavy atom. The van der Waals surface area contributed by atoms with Gasteiger partial charge in [-0.05, 0) is 24.1 Å². The van der Waals surface area contributed by atoms with Crippen molar-refractivity contribution >= 4 is 23.2 Å². The maximum Gasteiger partial charge on any atom is 0.355 e.